The van der Waals surface area contributed by atoms with Crippen LogP contribution in [0.25, 0.3) is 17.2 Å². The summed E-state index contributed by atoms with van der Waals surface area (Å²) < 4.78 is 0. The van der Waals surface area contributed by atoms with E-state index in [0.717, 1.165) is 61.2 Å². The molecule has 8 bridgehead atoms. The minimum Gasteiger partial charge on any atom is -0.508 e. The van der Waals surface area contributed by atoms with Crippen LogP contribution in [-0.2, 0) is 5.41 Å². The first kappa shape index (κ1) is 31.0. The number of hydrogen-bond donors (Lipinski definition) is 6. The maximum Gasteiger partial charge on any atom is 0.116 e. The second kappa shape index (κ2) is 12.1. The molecule has 0 aliphatic carbocycles. The van der Waals surface area contributed by atoms with Gasteiger partial charge in [-0.3, -0.25) is 4.99 Å². The van der Waals surface area contributed by atoms with E-state index in [1.165, 1.54) is 0 Å². The quantitative estimate of drug-likeness (QED) is 0.129. The van der Waals surface area contributed by atoms with Gasteiger partial charge in [-0.25, -0.2) is 4.99 Å². The lowest BCUT2D eigenvalue weighted by molar-refractivity contribution is 0.465. The number of nitrogens with zero attached hydrogens (tertiary/aromatic N) is 2. The van der Waals surface area contributed by atoms with Gasteiger partial charge in [0.1, 0.15) is 23.0 Å². The van der Waals surface area contributed by atoms with Crippen LogP contribution in [0.5, 0.6) is 23.0 Å². The van der Waals surface area contributed by atoms with E-state index in [1.54, 1.807) is 54.6 Å². The summed E-state index contributed by atoms with van der Waals surface area (Å²) in [4.78, 5) is 17.8. The van der Waals surface area contributed by atoms with Crippen molar-refractivity contribution < 1.29 is 20.4 Å². The highest BCUT2D eigenvalue weighted by molar-refractivity contribution is 6.32. The SMILES string of the molecule is Oc1cccc(C2=C3C=CC(=N3)C=c3ccc([nH]3)=C(c3cccc(O)c3)c3ccc([nH]3)C(c3cccc(O)c3)(c3cccc(O)c3)C3C=CC2=N3)c1. The molecule has 8 nitrogen and oxygen atoms in total. The smallest absolute Gasteiger partial charge is 0.116 e. The molecule has 0 saturated heterocycles. The number of allylic oxidation sites excluding steroid dienone is 4. The lowest BCUT2D eigenvalue weighted by Gasteiger charge is -2.38. The van der Waals surface area contributed by atoms with Crippen molar-refractivity contribution in [1.29, 1.82) is 0 Å². The second-order valence-corrected chi connectivity index (χ2v) is 13.1. The number of aromatic hydroxyl groups is 4. The molecule has 0 saturated carbocycles. The first-order valence-corrected chi connectivity index (χ1v) is 16.9. The molecular formula is C44H32N4O4. The number of rotatable bonds is 4. The Morgan fingerprint density at radius 2 is 1.21 bits per heavy atom. The van der Waals surface area contributed by atoms with Crippen molar-refractivity contribution >= 4 is 28.6 Å². The van der Waals surface area contributed by atoms with Crippen LogP contribution in [0, 0.1) is 0 Å². The summed E-state index contributed by atoms with van der Waals surface area (Å²) in [6.07, 6.45) is 9.90. The Hall–Kier alpha value is -7.06. The summed E-state index contributed by atoms with van der Waals surface area (Å²) in [5, 5.41) is 44.7. The Morgan fingerprint density at radius 1 is 0.577 bits per heavy atom. The fraction of sp³-hybridized carbons (Fsp3) is 0.0455. The Kier molecular flexibility index (Phi) is 7.18. The van der Waals surface area contributed by atoms with Gasteiger partial charge in [-0.05, 0) is 119 Å². The minimum absolute atomic E-state index is 0.0878. The summed E-state index contributed by atoms with van der Waals surface area (Å²) in [6.45, 7) is 0. The highest BCUT2D eigenvalue weighted by atomic mass is 16.3. The molecular weight excluding hydrogens is 649 g/mol. The topological polar surface area (TPSA) is 137 Å². The number of aromatic nitrogens is 2. The van der Waals surface area contributed by atoms with E-state index < -0.39 is 11.5 Å². The van der Waals surface area contributed by atoms with Crippen molar-refractivity contribution in [2.75, 3.05) is 0 Å². The zero-order valence-electron chi connectivity index (χ0n) is 27.7. The highest BCUT2D eigenvalue weighted by Crippen LogP contribution is 2.47. The number of H-pyrrole nitrogens is 2. The first-order valence-electron chi connectivity index (χ1n) is 16.9. The number of benzene rings is 4. The maximum atomic E-state index is 10.9. The van der Waals surface area contributed by atoms with Crippen molar-refractivity contribution in [2.45, 2.75) is 11.5 Å². The third-order valence-electron chi connectivity index (χ3n) is 9.87. The van der Waals surface area contributed by atoms with Crippen LogP contribution in [0.3, 0.4) is 0 Å². The van der Waals surface area contributed by atoms with Crippen LogP contribution < -0.4 is 10.7 Å². The average Bonchev–Trinajstić information content (AvgIpc) is 3.96. The third kappa shape index (κ3) is 5.16. The Morgan fingerprint density at radius 3 is 1.87 bits per heavy atom. The third-order valence-corrected chi connectivity index (χ3v) is 9.87. The van der Waals surface area contributed by atoms with Gasteiger partial charge >= 0.3 is 0 Å². The van der Waals surface area contributed by atoms with Crippen LogP contribution in [0.15, 0.2) is 161 Å². The van der Waals surface area contributed by atoms with E-state index in [1.807, 2.05) is 97.1 Å². The van der Waals surface area contributed by atoms with E-state index in [9.17, 15) is 20.4 Å². The van der Waals surface area contributed by atoms with Crippen LogP contribution in [0.4, 0.5) is 0 Å². The van der Waals surface area contributed by atoms with Crippen LogP contribution in [0.2, 0.25) is 0 Å². The molecule has 252 valence electrons. The Balaban J connectivity index is 1.42. The lowest BCUT2D eigenvalue weighted by Crippen LogP contribution is -2.40. The van der Waals surface area contributed by atoms with Crippen molar-refractivity contribution in [3.8, 4) is 23.0 Å². The number of phenols is 4. The highest BCUT2D eigenvalue weighted by Gasteiger charge is 2.46. The van der Waals surface area contributed by atoms with Crippen LogP contribution >= 0.6 is 0 Å². The van der Waals surface area contributed by atoms with Gasteiger partial charge in [-0.2, -0.15) is 0 Å². The van der Waals surface area contributed by atoms with Crippen LogP contribution in [0.1, 0.15) is 33.6 Å². The number of phenolic OH excluding ortho intramolecular Hbond substituents is 4. The number of hydrogen-bond acceptors (Lipinski definition) is 6. The minimum atomic E-state index is -1.10. The predicted octanol–water partition coefficient (Wildman–Crippen LogP) is 6.34. The first-order chi connectivity index (χ1) is 25.3. The molecule has 6 N–H and O–H groups in total. The second-order valence-electron chi connectivity index (χ2n) is 13.1. The molecule has 0 fully saturated rings. The zero-order valence-corrected chi connectivity index (χ0v) is 27.7. The standard InChI is InChI=1S/C44H32N4O4/c49-32-9-1-5-26(21-32)42-36-15-13-30(45-36)25-31-14-16-37(46-31)43(27-6-2-10-33(50)22-27)39-18-20-41(48-39)44(40-19-17-38(42)47-40,28-7-3-11-34(51)23-28)29-8-4-12-35(52)24-29/h1-25,40,46,48-52H. The summed E-state index contributed by atoms with van der Waals surface area (Å²) in [5.74, 6) is 0.441. The van der Waals surface area contributed by atoms with Gasteiger partial charge < -0.3 is 30.4 Å². The van der Waals surface area contributed by atoms with Crippen LogP contribution in [-0.4, -0.2) is 47.9 Å². The van der Waals surface area contributed by atoms with Crippen molar-refractivity contribution in [2.24, 2.45) is 9.98 Å². The maximum absolute atomic E-state index is 10.9. The van der Waals surface area contributed by atoms with Gasteiger partial charge in [0.25, 0.3) is 0 Å². The number of aliphatic imine (C=N–C) groups is 2. The number of fused-ring (bicyclic) bond motifs is 6. The van der Waals surface area contributed by atoms with E-state index in [0.29, 0.717) is 11.4 Å². The normalized spacial score (nSPS) is 17.2. The molecule has 8 heteroatoms. The fourth-order valence-electron chi connectivity index (χ4n) is 7.66. The molecule has 52 heavy (non-hydrogen) atoms. The molecule has 6 aromatic rings. The van der Waals surface area contributed by atoms with Crippen molar-refractivity contribution in [3.05, 3.63) is 196 Å². The van der Waals surface area contributed by atoms with Gasteiger partial charge in [0, 0.05) is 33.2 Å². The Bertz CT molecular complexity index is 2660. The number of aromatic amines is 2. The van der Waals surface area contributed by atoms with Gasteiger partial charge in [0.2, 0.25) is 0 Å². The van der Waals surface area contributed by atoms with Gasteiger partial charge in [-0.15, -0.1) is 0 Å². The fourth-order valence-corrected chi connectivity index (χ4v) is 7.66. The van der Waals surface area contributed by atoms with Gasteiger partial charge in [0.15, 0.2) is 0 Å². The molecule has 0 radical (unpaired) electrons. The van der Waals surface area contributed by atoms with E-state index in [-0.39, 0.29) is 23.0 Å². The summed E-state index contributed by atoms with van der Waals surface area (Å²) >= 11 is 0. The molecule has 9 rings (SSSR count). The zero-order chi connectivity index (χ0) is 35.4. The van der Waals surface area contributed by atoms with Gasteiger partial charge in [0.05, 0.1) is 28.6 Å². The van der Waals surface area contributed by atoms with E-state index >= 15 is 0 Å². The molecule has 0 amide bonds. The molecule has 1 atom stereocenters. The van der Waals surface area contributed by atoms with Crippen molar-refractivity contribution in [3.63, 3.8) is 0 Å². The predicted molar refractivity (Wildman–Crippen MR) is 203 cm³/mol. The molecule has 4 aromatic carbocycles. The summed E-state index contributed by atoms with van der Waals surface area (Å²) in [7, 11) is 0. The molecule has 1 unspecified atom stereocenters. The average molecular weight is 681 g/mol. The largest absolute Gasteiger partial charge is 0.508 e. The number of nitrogens with one attached hydrogen (secondary N) is 2. The molecule has 5 heterocycles. The Labute approximate surface area is 298 Å². The summed E-state index contributed by atoms with van der Waals surface area (Å²) in [5.41, 5.74) is 7.15. The molecule has 2 aromatic heterocycles. The van der Waals surface area contributed by atoms with Gasteiger partial charge in [-0.1, -0.05) is 54.6 Å². The molecule has 3 aliphatic rings. The molecule has 0 spiro atoms. The monoisotopic (exact) mass is 680 g/mol. The molecule has 3 aliphatic heterocycles. The van der Waals surface area contributed by atoms with E-state index in [2.05, 4.69) is 9.97 Å². The van der Waals surface area contributed by atoms with E-state index in [4.69, 9.17) is 9.98 Å². The van der Waals surface area contributed by atoms with Crippen molar-refractivity contribution in [1.82, 2.24) is 9.97 Å². The lowest BCUT2D eigenvalue weighted by atomic mass is 9.67. The summed E-state index contributed by atoms with van der Waals surface area (Å²) in [6, 6.07) is 35.9.